The van der Waals surface area contributed by atoms with Gasteiger partial charge in [-0.3, -0.25) is 0 Å². The lowest BCUT2D eigenvalue weighted by molar-refractivity contribution is 0.179. The molecule has 0 saturated carbocycles. The molecule has 1 N–H and O–H groups in total. The topological polar surface area (TPSA) is 49.7 Å². The van der Waals surface area contributed by atoms with Crippen molar-refractivity contribution in [1.29, 1.82) is 0 Å². The third kappa shape index (κ3) is 1.08. The van der Waals surface area contributed by atoms with Crippen LogP contribution < -0.4 is 3.62 Å². The summed E-state index contributed by atoms with van der Waals surface area (Å²) in [5.74, 6) is 0. The summed E-state index contributed by atoms with van der Waals surface area (Å²) in [6.45, 7) is 0. The Balaban J connectivity index is 2.61. The first-order valence-electron chi connectivity index (χ1n) is 3.62. The van der Waals surface area contributed by atoms with Gasteiger partial charge in [0.2, 0.25) is 0 Å². The molecule has 0 saturated heterocycles. The molecule has 1 amide bonds. The van der Waals surface area contributed by atoms with E-state index < -0.39 is 9.71 Å². The molecule has 4 nitrogen and oxygen atoms in total. The van der Waals surface area contributed by atoms with Crippen molar-refractivity contribution in [2.75, 3.05) is 0 Å². The van der Waals surface area contributed by atoms with E-state index in [0.717, 1.165) is 5.56 Å². The van der Waals surface area contributed by atoms with Gasteiger partial charge in [-0.15, -0.1) is 0 Å². The van der Waals surface area contributed by atoms with Crippen molar-refractivity contribution in [3.05, 3.63) is 29.8 Å². The second-order valence-electron chi connectivity index (χ2n) is 2.64. The predicted molar refractivity (Wildman–Crippen MR) is 52.8 cm³/mol. The molecule has 5 heteroatoms. The Morgan fingerprint density at radius 2 is 2.15 bits per heavy atom. The van der Waals surface area contributed by atoms with Gasteiger partial charge in [-0.1, -0.05) is 17.2 Å². The van der Waals surface area contributed by atoms with Crippen LogP contribution in [-0.2, 0) is 0 Å². The largest absolute Gasteiger partial charge is 0.557 e. The minimum Gasteiger partial charge on any atom is -0.433 e. The van der Waals surface area contributed by atoms with Gasteiger partial charge in [-0.05, 0) is 6.07 Å². The second-order valence-corrected chi connectivity index (χ2v) is 3.67. The number of quaternary nitrogens is 1. The Kier molecular flexibility index (Phi) is 1.71. The molecular formula is C8H6BrN2O2+. The maximum Gasteiger partial charge on any atom is 0.557 e. The molecule has 1 heterocycles. The molecule has 2 rings (SSSR count). The highest BCUT2D eigenvalue weighted by Crippen LogP contribution is 2.36. The predicted octanol–water partition coefficient (Wildman–Crippen LogP) is 2.33. The number of para-hydroxylation sites is 1. The van der Waals surface area contributed by atoms with E-state index in [1.807, 2.05) is 12.1 Å². The van der Waals surface area contributed by atoms with Crippen molar-refractivity contribution in [2.45, 2.75) is 0 Å². The maximum absolute atomic E-state index is 10.9. The Morgan fingerprint density at radius 3 is 2.85 bits per heavy atom. The van der Waals surface area contributed by atoms with Crippen LogP contribution in [0.15, 0.2) is 29.4 Å². The molecule has 0 aliphatic carbocycles. The fourth-order valence-corrected chi connectivity index (χ4v) is 1.64. The minimum absolute atomic E-state index is 0.594. The van der Waals surface area contributed by atoms with E-state index in [4.69, 9.17) is 5.11 Å². The molecule has 0 aromatic heterocycles. The van der Waals surface area contributed by atoms with Gasteiger partial charge in [0.15, 0.2) is 5.69 Å². The fourth-order valence-electron chi connectivity index (χ4n) is 1.22. The molecule has 1 aromatic carbocycles. The number of halogens is 1. The summed E-state index contributed by atoms with van der Waals surface area (Å²) >= 11 is 3.05. The van der Waals surface area contributed by atoms with E-state index in [1.165, 1.54) is 6.21 Å². The van der Waals surface area contributed by atoms with E-state index in [0.29, 0.717) is 5.69 Å². The van der Waals surface area contributed by atoms with E-state index in [1.54, 1.807) is 12.1 Å². The number of carbonyl (C=O) groups is 1. The third-order valence-corrected chi connectivity index (χ3v) is 2.73. The smallest absolute Gasteiger partial charge is 0.433 e. The van der Waals surface area contributed by atoms with Crippen LogP contribution in [0.3, 0.4) is 0 Å². The van der Waals surface area contributed by atoms with Crippen LogP contribution in [0.1, 0.15) is 5.56 Å². The van der Waals surface area contributed by atoms with Crippen LogP contribution in [0, 0.1) is 0 Å². The molecule has 13 heavy (non-hydrogen) atoms. The quantitative estimate of drug-likeness (QED) is 0.709. The van der Waals surface area contributed by atoms with Crippen LogP contribution in [0.4, 0.5) is 10.5 Å². The number of benzene rings is 1. The molecule has 1 aliphatic heterocycles. The fraction of sp³-hybridized carbons (Fsp3) is 0. The van der Waals surface area contributed by atoms with Crippen LogP contribution in [0.25, 0.3) is 0 Å². The van der Waals surface area contributed by atoms with Gasteiger partial charge in [0.25, 0.3) is 16.1 Å². The third-order valence-electron chi connectivity index (χ3n) is 1.87. The minimum atomic E-state index is -1.05. The van der Waals surface area contributed by atoms with Gasteiger partial charge >= 0.3 is 6.09 Å². The molecule has 0 bridgehead atoms. The number of hydrogen-bond donors (Lipinski definition) is 1. The van der Waals surface area contributed by atoms with E-state index in [2.05, 4.69) is 21.2 Å². The number of hydrogen-bond acceptors (Lipinski definition) is 2. The summed E-state index contributed by atoms with van der Waals surface area (Å²) in [6, 6.07) is 7.17. The van der Waals surface area contributed by atoms with E-state index in [-0.39, 0.29) is 0 Å². The molecule has 1 unspecified atom stereocenters. The van der Waals surface area contributed by atoms with Crippen molar-refractivity contribution >= 4 is 34.1 Å². The van der Waals surface area contributed by atoms with Crippen molar-refractivity contribution in [2.24, 2.45) is 5.10 Å². The molecule has 1 atom stereocenters. The highest BCUT2D eigenvalue weighted by Gasteiger charge is 2.44. The van der Waals surface area contributed by atoms with Crippen molar-refractivity contribution in [1.82, 2.24) is 3.62 Å². The molecule has 0 radical (unpaired) electrons. The average molecular weight is 242 g/mol. The Hall–Kier alpha value is -1.20. The molecule has 66 valence electrons. The maximum atomic E-state index is 10.9. The summed E-state index contributed by atoms with van der Waals surface area (Å²) in [6.07, 6.45) is 0.485. The molecule has 0 fully saturated rings. The van der Waals surface area contributed by atoms with Gasteiger partial charge < -0.3 is 5.11 Å². The van der Waals surface area contributed by atoms with Crippen LogP contribution in [0.2, 0.25) is 0 Å². The number of amides is 1. The zero-order valence-electron chi connectivity index (χ0n) is 6.51. The van der Waals surface area contributed by atoms with Crippen LogP contribution in [-0.4, -0.2) is 17.4 Å². The van der Waals surface area contributed by atoms with Gasteiger partial charge in [0.1, 0.15) is 0 Å². The van der Waals surface area contributed by atoms with E-state index in [9.17, 15) is 4.79 Å². The van der Waals surface area contributed by atoms with Gasteiger partial charge in [-0.25, -0.2) is 0 Å². The van der Waals surface area contributed by atoms with Gasteiger partial charge in [0, 0.05) is 9.68 Å². The average Bonchev–Trinajstić information content (AvgIpc) is 2.47. The highest BCUT2D eigenvalue weighted by molar-refractivity contribution is 9.09. The number of carboxylic acid groups (broad SMARTS) is 1. The SMILES string of the molecule is O=C(O)[N+]1(Br)N=Cc2ccccc21. The lowest BCUT2D eigenvalue weighted by Crippen LogP contribution is -2.35. The normalized spacial score (nSPS) is 24.4. The molecule has 0 spiro atoms. The van der Waals surface area contributed by atoms with Crippen LogP contribution in [0.5, 0.6) is 0 Å². The zero-order chi connectivity index (χ0) is 9.47. The first-order valence-corrected chi connectivity index (χ1v) is 4.33. The van der Waals surface area contributed by atoms with Crippen molar-refractivity contribution in [3.63, 3.8) is 0 Å². The van der Waals surface area contributed by atoms with Crippen molar-refractivity contribution < 1.29 is 9.90 Å². The monoisotopic (exact) mass is 241 g/mol. The zero-order valence-corrected chi connectivity index (χ0v) is 8.10. The van der Waals surface area contributed by atoms with Crippen LogP contribution >= 0.6 is 16.1 Å². The first kappa shape index (κ1) is 8.40. The molecular weight excluding hydrogens is 236 g/mol. The Labute approximate surface area is 83.0 Å². The summed E-state index contributed by atoms with van der Waals surface area (Å²) in [5.41, 5.74) is 1.44. The Morgan fingerprint density at radius 1 is 1.46 bits per heavy atom. The summed E-state index contributed by atoms with van der Waals surface area (Å²) in [5, 5.41) is 12.8. The molecule has 1 aliphatic rings. The molecule has 1 aromatic rings. The van der Waals surface area contributed by atoms with E-state index >= 15 is 0 Å². The number of rotatable bonds is 0. The second kappa shape index (κ2) is 2.65. The summed E-state index contributed by atoms with van der Waals surface area (Å²) in [4.78, 5) is 10.9. The number of nitrogens with zero attached hydrogens (tertiary/aromatic N) is 2. The summed E-state index contributed by atoms with van der Waals surface area (Å²) in [7, 11) is 0. The Bertz CT molecular complexity index is 405. The van der Waals surface area contributed by atoms with Crippen molar-refractivity contribution in [3.8, 4) is 0 Å². The standard InChI is InChI=1S/C8H5BrN2O2/c9-11(8(12)13)7-4-2-1-3-6(7)5-10-11/h1-5H/p+1. The lowest BCUT2D eigenvalue weighted by Gasteiger charge is -2.11. The number of fused-ring (bicyclic) bond motifs is 1. The first-order chi connectivity index (χ1) is 6.14. The van der Waals surface area contributed by atoms with Gasteiger partial charge in [-0.2, -0.15) is 4.79 Å². The van der Waals surface area contributed by atoms with Gasteiger partial charge in [0.05, 0.1) is 11.8 Å². The lowest BCUT2D eigenvalue weighted by atomic mass is 10.2. The summed E-state index contributed by atoms with van der Waals surface area (Å²) < 4.78 is -0.594. The highest BCUT2D eigenvalue weighted by atomic mass is 79.9.